The van der Waals surface area contributed by atoms with Crippen LogP contribution >= 0.6 is 15.9 Å². The molecule has 1 aromatic carbocycles. The third-order valence-electron chi connectivity index (χ3n) is 4.91. The summed E-state index contributed by atoms with van der Waals surface area (Å²) >= 11 is 3.65. The van der Waals surface area contributed by atoms with Gasteiger partial charge in [0.15, 0.2) is 5.78 Å². The summed E-state index contributed by atoms with van der Waals surface area (Å²) in [6, 6.07) is 6.09. The van der Waals surface area contributed by atoms with Gasteiger partial charge in [0.05, 0.1) is 0 Å². The molecule has 0 bridgehead atoms. The highest BCUT2D eigenvalue weighted by molar-refractivity contribution is 9.10. The monoisotopic (exact) mass is 276 g/mol. The first-order chi connectivity index (χ1) is 7.69. The van der Waals surface area contributed by atoms with Gasteiger partial charge in [-0.1, -0.05) is 28.1 Å². The number of Topliss-reactive ketones (excluding diaryl/α,β-unsaturated/α-hetero) is 1. The molecular formula is C14H13BrO. The summed E-state index contributed by atoms with van der Waals surface area (Å²) in [6.45, 7) is 0. The van der Waals surface area contributed by atoms with Crippen molar-refractivity contribution in [1.82, 2.24) is 0 Å². The maximum Gasteiger partial charge on any atom is 0.163 e. The lowest BCUT2D eigenvalue weighted by atomic mass is 9.69. The van der Waals surface area contributed by atoms with Gasteiger partial charge in [-0.2, -0.15) is 0 Å². The molecule has 4 rings (SSSR count). The maximum atomic E-state index is 12.2. The first-order valence-electron chi connectivity index (χ1n) is 6.01. The number of carbonyl (C=O) groups excluding carboxylic acids is 1. The summed E-state index contributed by atoms with van der Waals surface area (Å²) in [4.78, 5) is 12.2. The van der Waals surface area contributed by atoms with Crippen LogP contribution in [0.5, 0.6) is 0 Å². The highest BCUT2D eigenvalue weighted by Crippen LogP contribution is 2.75. The van der Waals surface area contributed by atoms with Gasteiger partial charge in [-0.25, -0.2) is 0 Å². The van der Waals surface area contributed by atoms with Crippen molar-refractivity contribution in [2.24, 2.45) is 5.41 Å². The largest absolute Gasteiger partial charge is 0.294 e. The van der Waals surface area contributed by atoms with E-state index in [1.807, 2.05) is 12.1 Å². The Labute approximate surface area is 103 Å². The average molecular weight is 277 g/mol. The first kappa shape index (κ1) is 9.41. The number of carbonyl (C=O) groups is 1. The second-order valence-corrected chi connectivity index (χ2v) is 6.48. The van der Waals surface area contributed by atoms with Gasteiger partial charge in [0, 0.05) is 21.9 Å². The minimum Gasteiger partial charge on any atom is -0.294 e. The molecule has 0 heterocycles. The van der Waals surface area contributed by atoms with Crippen LogP contribution in [0.2, 0.25) is 0 Å². The highest BCUT2D eigenvalue weighted by atomic mass is 79.9. The lowest BCUT2D eigenvalue weighted by molar-refractivity contribution is 0.0918. The van der Waals surface area contributed by atoms with E-state index in [4.69, 9.17) is 0 Å². The molecule has 2 saturated carbocycles. The molecule has 0 amide bonds. The fourth-order valence-electron chi connectivity index (χ4n) is 3.79. The molecule has 0 unspecified atom stereocenters. The molecule has 1 aromatic rings. The number of fused-ring (bicyclic) bond motifs is 3. The zero-order valence-electron chi connectivity index (χ0n) is 9.05. The molecule has 0 atom stereocenters. The third-order valence-corrected chi connectivity index (χ3v) is 5.57. The lowest BCUT2D eigenvalue weighted by Gasteiger charge is -2.34. The summed E-state index contributed by atoms with van der Waals surface area (Å²) < 4.78 is 1.15. The van der Waals surface area contributed by atoms with Crippen LogP contribution in [-0.2, 0) is 5.41 Å². The Bertz CT molecular complexity index is 509. The van der Waals surface area contributed by atoms with Crippen molar-refractivity contribution in [3.63, 3.8) is 0 Å². The van der Waals surface area contributed by atoms with Gasteiger partial charge in [-0.05, 0) is 42.7 Å². The number of halogens is 1. The van der Waals surface area contributed by atoms with E-state index < -0.39 is 0 Å². The van der Waals surface area contributed by atoms with Gasteiger partial charge in [-0.15, -0.1) is 0 Å². The summed E-state index contributed by atoms with van der Waals surface area (Å²) in [5.41, 5.74) is 3.06. The normalized spacial score (nSPS) is 26.9. The van der Waals surface area contributed by atoms with Crippen molar-refractivity contribution < 1.29 is 4.79 Å². The molecule has 2 heteroatoms. The lowest BCUT2D eigenvalue weighted by Crippen LogP contribution is -2.32. The summed E-state index contributed by atoms with van der Waals surface area (Å²) in [6.07, 6.45) is 5.90. The van der Waals surface area contributed by atoms with Gasteiger partial charge in [0.2, 0.25) is 0 Å². The van der Waals surface area contributed by atoms with Gasteiger partial charge in [0.25, 0.3) is 0 Å². The van der Waals surface area contributed by atoms with E-state index >= 15 is 0 Å². The molecule has 1 nitrogen and oxygen atoms in total. The van der Waals surface area contributed by atoms with Crippen molar-refractivity contribution in [2.75, 3.05) is 0 Å². The zero-order chi connectivity index (χ0) is 11.0. The fraction of sp³-hybridized carbons (Fsp3) is 0.500. The van der Waals surface area contributed by atoms with Gasteiger partial charge in [-0.3, -0.25) is 4.79 Å². The van der Waals surface area contributed by atoms with E-state index in [9.17, 15) is 4.79 Å². The third kappa shape index (κ3) is 0.912. The van der Waals surface area contributed by atoms with E-state index in [2.05, 4.69) is 22.0 Å². The molecule has 3 aliphatic carbocycles. The van der Waals surface area contributed by atoms with Crippen LogP contribution in [0.4, 0.5) is 0 Å². The van der Waals surface area contributed by atoms with E-state index in [-0.39, 0.29) is 0 Å². The van der Waals surface area contributed by atoms with Gasteiger partial charge in [0.1, 0.15) is 0 Å². The average Bonchev–Trinajstić information content (AvgIpc) is 3.10. The molecule has 2 fully saturated rings. The van der Waals surface area contributed by atoms with Crippen molar-refractivity contribution in [2.45, 2.75) is 37.5 Å². The Balaban J connectivity index is 2.03. The molecule has 0 N–H and O–H groups in total. The smallest absolute Gasteiger partial charge is 0.163 e. The Morgan fingerprint density at radius 1 is 1.12 bits per heavy atom. The quantitative estimate of drug-likeness (QED) is 0.704. The van der Waals surface area contributed by atoms with Crippen LogP contribution in [0.1, 0.15) is 48.0 Å². The van der Waals surface area contributed by atoms with Crippen molar-refractivity contribution in [3.05, 3.63) is 33.8 Å². The molecular weight excluding hydrogens is 264 g/mol. The Morgan fingerprint density at radius 2 is 1.88 bits per heavy atom. The number of ketones is 1. The topological polar surface area (TPSA) is 17.1 Å². The van der Waals surface area contributed by atoms with Crippen molar-refractivity contribution in [1.29, 1.82) is 0 Å². The van der Waals surface area contributed by atoms with E-state index in [0.29, 0.717) is 16.6 Å². The Hall–Kier alpha value is -0.630. The molecule has 0 aliphatic heterocycles. The van der Waals surface area contributed by atoms with Crippen LogP contribution in [0.25, 0.3) is 0 Å². The molecule has 0 aromatic heterocycles. The minimum absolute atomic E-state index is 0.362. The van der Waals surface area contributed by atoms with E-state index in [0.717, 1.165) is 16.5 Å². The number of hydrogen-bond donors (Lipinski definition) is 0. The standard InChI is InChI=1S/C14H13BrO/c15-10-3-1-2-9-11(16)8-13(4-5-13)14(6-7-14)12(9)10/h1-3H,4-8H2. The van der Waals surface area contributed by atoms with Gasteiger partial charge < -0.3 is 0 Å². The summed E-state index contributed by atoms with van der Waals surface area (Å²) in [5, 5.41) is 0. The highest BCUT2D eigenvalue weighted by Gasteiger charge is 2.69. The van der Waals surface area contributed by atoms with Crippen LogP contribution in [-0.4, -0.2) is 5.78 Å². The number of rotatable bonds is 0. The molecule has 82 valence electrons. The van der Waals surface area contributed by atoms with Crippen LogP contribution in [0, 0.1) is 5.41 Å². The van der Waals surface area contributed by atoms with Crippen molar-refractivity contribution in [3.8, 4) is 0 Å². The van der Waals surface area contributed by atoms with Crippen LogP contribution in [0.3, 0.4) is 0 Å². The molecule has 0 saturated heterocycles. The minimum atomic E-state index is 0.362. The second kappa shape index (κ2) is 2.61. The van der Waals surface area contributed by atoms with E-state index in [1.54, 1.807) is 0 Å². The second-order valence-electron chi connectivity index (χ2n) is 5.62. The SMILES string of the molecule is O=C1CC2(CC2)C2(CC2)c2c(Br)cccc21. The summed E-state index contributed by atoms with van der Waals surface area (Å²) in [5.74, 6) is 0.367. The first-order valence-corrected chi connectivity index (χ1v) is 6.80. The Kier molecular flexibility index (Phi) is 1.53. The molecule has 2 spiro atoms. The van der Waals surface area contributed by atoms with Crippen molar-refractivity contribution >= 4 is 21.7 Å². The van der Waals surface area contributed by atoms with Gasteiger partial charge >= 0.3 is 0 Å². The molecule has 3 aliphatic rings. The summed E-state index contributed by atoms with van der Waals surface area (Å²) in [7, 11) is 0. The predicted molar refractivity (Wildman–Crippen MR) is 65.7 cm³/mol. The Morgan fingerprint density at radius 3 is 2.50 bits per heavy atom. The van der Waals surface area contributed by atoms with Crippen LogP contribution in [0.15, 0.2) is 22.7 Å². The molecule has 16 heavy (non-hydrogen) atoms. The predicted octanol–water partition coefficient (Wildman–Crippen LogP) is 3.85. The maximum absolute atomic E-state index is 12.2. The number of hydrogen-bond acceptors (Lipinski definition) is 1. The zero-order valence-corrected chi connectivity index (χ0v) is 10.6. The number of benzene rings is 1. The van der Waals surface area contributed by atoms with E-state index in [1.165, 1.54) is 31.2 Å². The fourth-order valence-corrected chi connectivity index (χ4v) is 4.54. The molecule has 0 radical (unpaired) electrons. The van der Waals surface area contributed by atoms with Crippen LogP contribution < -0.4 is 0 Å².